The van der Waals surface area contributed by atoms with E-state index in [9.17, 15) is 15.3 Å². The molecule has 6 nitrogen and oxygen atoms in total. The first-order valence-electron chi connectivity index (χ1n) is 3.65. The Morgan fingerprint density at radius 1 is 1.14 bits per heavy atom. The highest BCUT2D eigenvalue weighted by Gasteiger charge is 2.56. The highest BCUT2D eigenvalue weighted by molar-refractivity contribution is 5.85. The van der Waals surface area contributed by atoms with Crippen molar-refractivity contribution in [3.8, 4) is 0 Å². The molecular formula is C6H16Cl2N2O4. The van der Waals surface area contributed by atoms with Crippen molar-refractivity contribution in [1.82, 2.24) is 0 Å². The smallest absolute Gasteiger partial charge is 0.133 e. The summed E-state index contributed by atoms with van der Waals surface area (Å²) >= 11 is 0. The maximum Gasteiger partial charge on any atom is 0.133 e. The second-order valence-electron chi connectivity index (χ2n) is 3.19. The SMILES string of the molecule is Cl.Cl.NC1C(O)C(O)C(O)(CO)C1N. The van der Waals surface area contributed by atoms with Gasteiger partial charge >= 0.3 is 0 Å². The fourth-order valence-electron chi connectivity index (χ4n) is 1.45. The van der Waals surface area contributed by atoms with Crippen LogP contribution in [0.5, 0.6) is 0 Å². The van der Waals surface area contributed by atoms with Crippen LogP contribution in [0.4, 0.5) is 0 Å². The van der Waals surface area contributed by atoms with E-state index in [4.69, 9.17) is 16.6 Å². The van der Waals surface area contributed by atoms with Crippen molar-refractivity contribution in [3.05, 3.63) is 0 Å². The lowest BCUT2D eigenvalue weighted by Gasteiger charge is -2.28. The van der Waals surface area contributed by atoms with E-state index < -0.39 is 36.5 Å². The number of hydrogen-bond donors (Lipinski definition) is 6. The molecular weight excluding hydrogens is 235 g/mol. The average Bonchev–Trinajstić information content (AvgIpc) is 2.22. The lowest BCUT2D eigenvalue weighted by molar-refractivity contribution is -0.116. The summed E-state index contributed by atoms with van der Waals surface area (Å²) in [5, 5.41) is 36.7. The van der Waals surface area contributed by atoms with Gasteiger partial charge in [-0.2, -0.15) is 0 Å². The number of aliphatic hydroxyl groups is 4. The molecule has 1 saturated carbocycles. The van der Waals surface area contributed by atoms with Gasteiger partial charge in [0.05, 0.1) is 24.8 Å². The standard InChI is InChI=1S/C6H14N2O4.2ClH/c7-2-3(10)5(11)6(12,1-9)4(2)8;;/h2-5,9-12H,1,7-8H2;2*1H. The van der Waals surface area contributed by atoms with Gasteiger partial charge in [-0.3, -0.25) is 0 Å². The van der Waals surface area contributed by atoms with E-state index in [1.807, 2.05) is 0 Å². The molecule has 88 valence electrons. The van der Waals surface area contributed by atoms with Crippen LogP contribution in [0.25, 0.3) is 0 Å². The summed E-state index contributed by atoms with van der Waals surface area (Å²) in [5.74, 6) is 0. The minimum absolute atomic E-state index is 0. The van der Waals surface area contributed by atoms with E-state index in [0.717, 1.165) is 0 Å². The summed E-state index contributed by atoms with van der Waals surface area (Å²) in [7, 11) is 0. The Morgan fingerprint density at radius 2 is 1.57 bits per heavy atom. The predicted molar refractivity (Wildman–Crippen MR) is 54.5 cm³/mol. The fraction of sp³-hybridized carbons (Fsp3) is 1.00. The molecule has 5 atom stereocenters. The topological polar surface area (TPSA) is 133 Å². The Labute approximate surface area is 93.7 Å². The van der Waals surface area contributed by atoms with E-state index in [-0.39, 0.29) is 24.8 Å². The number of halogens is 2. The second-order valence-corrected chi connectivity index (χ2v) is 3.19. The van der Waals surface area contributed by atoms with Crippen LogP contribution in [0.2, 0.25) is 0 Å². The maximum atomic E-state index is 9.51. The van der Waals surface area contributed by atoms with Gasteiger partial charge in [-0.15, -0.1) is 24.8 Å². The molecule has 1 fully saturated rings. The number of aliphatic hydroxyl groups excluding tert-OH is 3. The van der Waals surface area contributed by atoms with E-state index in [1.165, 1.54) is 0 Å². The van der Waals surface area contributed by atoms with E-state index in [0.29, 0.717) is 0 Å². The Kier molecular flexibility index (Phi) is 6.50. The Morgan fingerprint density at radius 3 is 1.71 bits per heavy atom. The van der Waals surface area contributed by atoms with Crippen LogP contribution in [0.3, 0.4) is 0 Å². The Bertz CT molecular complexity index is 171. The van der Waals surface area contributed by atoms with Gasteiger partial charge in [-0.05, 0) is 0 Å². The van der Waals surface area contributed by atoms with Crippen molar-refractivity contribution in [1.29, 1.82) is 0 Å². The third-order valence-electron chi connectivity index (χ3n) is 2.48. The molecule has 0 saturated heterocycles. The molecule has 1 aliphatic rings. The summed E-state index contributed by atoms with van der Waals surface area (Å²) in [4.78, 5) is 0. The normalized spacial score (nSPS) is 46.7. The van der Waals surface area contributed by atoms with Crippen LogP contribution in [-0.4, -0.2) is 56.9 Å². The molecule has 0 aromatic rings. The van der Waals surface area contributed by atoms with Crippen LogP contribution in [0, 0.1) is 0 Å². The third kappa shape index (κ3) is 2.12. The minimum atomic E-state index is -1.89. The average molecular weight is 251 g/mol. The molecule has 14 heavy (non-hydrogen) atoms. The van der Waals surface area contributed by atoms with E-state index >= 15 is 0 Å². The van der Waals surface area contributed by atoms with Crippen LogP contribution < -0.4 is 11.5 Å². The molecule has 8 N–H and O–H groups in total. The first-order chi connectivity index (χ1) is 5.45. The molecule has 5 unspecified atom stereocenters. The molecule has 1 aliphatic carbocycles. The molecule has 1 rings (SSSR count). The second kappa shape index (κ2) is 5.43. The molecule has 0 aromatic heterocycles. The summed E-state index contributed by atoms with van der Waals surface area (Å²) in [5.41, 5.74) is 8.86. The summed E-state index contributed by atoms with van der Waals surface area (Å²) < 4.78 is 0. The van der Waals surface area contributed by atoms with Gasteiger partial charge in [0.1, 0.15) is 11.7 Å². The van der Waals surface area contributed by atoms with Gasteiger partial charge in [-0.25, -0.2) is 0 Å². The quantitative estimate of drug-likeness (QED) is 0.293. The zero-order valence-corrected chi connectivity index (χ0v) is 8.91. The molecule has 0 bridgehead atoms. The molecule has 0 spiro atoms. The lowest BCUT2D eigenvalue weighted by Crippen LogP contribution is -2.57. The third-order valence-corrected chi connectivity index (χ3v) is 2.48. The van der Waals surface area contributed by atoms with E-state index in [1.54, 1.807) is 0 Å². The van der Waals surface area contributed by atoms with Gasteiger partial charge in [0.2, 0.25) is 0 Å². The minimum Gasteiger partial charge on any atom is -0.393 e. The first kappa shape index (κ1) is 16.8. The first-order valence-corrected chi connectivity index (χ1v) is 3.65. The van der Waals surface area contributed by atoms with Gasteiger partial charge in [0.25, 0.3) is 0 Å². The van der Waals surface area contributed by atoms with Gasteiger partial charge < -0.3 is 31.9 Å². The monoisotopic (exact) mass is 250 g/mol. The van der Waals surface area contributed by atoms with Crippen LogP contribution in [0.15, 0.2) is 0 Å². The van der Waals surface area contributed by atoms with Crippen LogP contribution in [-0.2, 0) is 0 Å². The van der Waals surface area contributed by atoms with Crippen LogP contribution >= 0.6 is 24.8 Å². The molecule has 0 aliphatic heterocycles. The molecule has 0 radical (unpaired) electrons. The summed E-state index contributed by atoms with van der Waals surface area (Å²) in [6.45, 7) is -0.722. The molecule has 0 amide bonds. The Balaban J connectivity index is 0. The highest BCUT2D eigenvalue weighted by atomic mass is 35.5. The van der Waals surface area contributed by atoms with Crippen molar-refractivity contribution < 1.29 is 20.4 Å². The van der Waals surface area contributed by atoms with Crippen molar-refractivity contribution in [2.45, 2.75) is 29.9 Å². The molecule has 8 heteroatoms. The van der Waals surface area contributed by atoms with Crippen molar-refractivity contribution in [2.75, 3.05) is 6.61 Å². The Hall–Kier alpha value is 0.340. The number of nitrogens with two attached hydrogens (primary N) is 2. The van der Waals surface area contributed by atoms with E-state index in [2.05, 4.69) is 0 Å². The highest BCUT2D eigenvalue weighted by Crippen LogP contribution is 2.28. The number of hydrogen-bond acceptors (Lipinski definition) is 6. The van der Waals surface area contributed by atoms with Crippen molar-refractivity contribution in [3.63, 3.8) is 0 Å². The van der Waals surface area contributed by atoms with Crippen LogP contribution in [0.1, 0.15) is 0 Å². The maximum absolute atomic E-state index is 9.51. The molecule has 0 aromatic carbocycles. The largest absolute Gasteiger partial charge is 0.393 e. The zero-order chi connectivity index (χ0) is 9.52. The van der Waals surface area contributed by atoms with Gasteiger partial charge in [0.15, 0.2) is 0 Å². The summed E-state index contributed by atoms with van der Waals surface area (Å²) in [6, 6.07) is -1.94. The lowest BCUT2D eigenvalue weighted by atomic mass is 9.97. The summed E-state index contributed by atoms with van der Waals surface area (Å²) in [6.07, 6.45) is -2.79. The van der Waals surface area contributed by atoms with Gasteiger partial charge in [0, 0.05) is 0 Å². The predicted octanol–water partition coefficient (Wildman–Crippen LogP) is -3.06. The number of rotatable bonds is 1. The van der Waals surface area contributed by atoms with Gasteiger partial charge in [-0.1, -0.05) is 0 Å². The fourth-order valence-corrected chi connectivity index (χ4v) is 1.45. The van der Waals surface area contributed by atoms with Crippen molar-refractivity contribution in [2.24, 2.45) is 11.5 Å². The molecule has 0 heterocycles. The van der Waals surface area contributed by atoms with Crippen molar-refractivity contribution >= 4 is 24.8 Å². The zero-order valence-electron chi connectivity index (χ0n) is 7.28.